The quantitative estimate of drug-likeness (QED) is 0.831. The molecule has 2 rings (SSSR count). The van der Waals surface area contributed by atoms with Crippen molar-refractivity contribution in [2.75, 3.05) is 0 Å². The average Bonchev–Trinajstić information content (AvgIpc) is 2.45. The van der Waals surface area contributed by atoms with Gasteiger partial charge in [-0.25, -0.2) is 0 Å². The largest absolute Gasteiger partial charge is 0.458 e. The second kappa shape index (κ2) is 3.16. The highest BCUT2D eigenvalue weighted by molar-refractivity contribution is 9.10. The van der Waals surface area contributed by atoms with Crippen LogP contribution >= 0.6 is 15.9 Å². The zero-order chi connectivity index (χ0) is 9.42. The Morgan fingerprint density at radius 2 is 2.08 bits per heavy atom. The molecule has 1 heterocycles. The third-order valence-corrected chi connectivity index (χ3v) is 2.79. The molecule has 0 aliphatic carbocycles. The Morgan fingerprint density at radius 1 is 1.38 bits per heavy atom. The predicted molar refractivity (Wildman–Crippen MR) is 56.5 cm³/mol. The van der Waals surface area contributed by atoms with Crippen molar-refractivity contribution in [3.63, 3.8) is 0 Å². The second-order valence-electron chi connectivity index (χ2n) is 3.07. The fourth-order valence-electron chi connectivity index (χ4n) is 1.33. The van der Waals surface area contributed by atoms with Crippen LogP contribution in [0.1, 0.15) is 18.7 Å². The average molecular weight is 240 g/mol. The second-order valence-corrected chi connectivity index (χ2v) is 3.86. The van der Waals surface area contributed by atoms with E-state index in [1.165, 1.54) is 0 Å². The van der Waals surface area contributed by atoms with Crippen molar-refractivity contribution in [3.05, 3.63) is 34.5 Å². The molecule has 1 aromatic carbocycles. The van der Waals surface area contributed by atoms with Gasteiger partial charge in [-0.3, -0.25) is 0 Å². The SMILES string of the molecule is CC(N)c1oc2ccccc2c1Br. The van der Waals surface area contributed by atoms with Crippen molar-refractivity contribution in [3.8, 4) is 0 Å². The van der Waals surface area contributed by atoms with E-state index in [1.807, 2.05) is 31.2 Å². The minimum Gasteiger partial charge on any atom is -0.458 e. The summed E-state index contributed by atoms with van der Waals surface area (Å²) >= 11 is 3.48. The molecule has 0 radical (unpaired) electrons. The third-order valence-electron chi connectivity index (χ3n) is 1.97. The fourth-order valence-corrected chi connectivity index (χ4v) is 2.10. The summed E-state index contributed by atoms with van der Waals surface area (Å²) in [6, 6.07) is 7.79. The lowest BCUT2D eigenvalue weighted by Crippen LogP contribution is -2.03. The first-order valence-corrected chi connectivity index (χ1v) is 4.92. The first kappa shape index (κ1) is 8.78. The molecule has 0 amide bonds. The molecule has 0 aliphatic rings. The van der Waals surface area contributed by atoms with Gasteiger partial charge in [-0.1, -0.05) is 12.1 Å². The topological polar surface area (TPSA) is 39.2 Å². The fraction of sp³-hybridized carbons (Fsp3) is 0.200. The van der Waals surface area contributed by atoms with Crippen molar-refractivity contribution < 1.29 is 4.42 Å². The van der Waals surface area contributed by atoms with Crippen LogP contribution in [0.4, 0.5) is 0 Å². The molecule has 0 spiro atoms. The van der Waals surface area contributed by atoms with Crippen LogP contribution < -0.4 is 5.73 Å². The van der Waals surface area contributed by atoms with Gasteiger partial charge in [-0.05, 0) is 35.0 Å². The van der Waals surface area contributed by atoms with Gasteiger partial charge in [0.05, 0.1) is 10.5 Å². The van der Waals surface area contributed by atoms with Gasteiger partial charge in [0.1, 0.15) is 11.3 Å². The Labute approximate surface area is 84.8 Å². The summed E-state index contributed by atoms with van der Waals surface area (Å²) in [5.41, 5.74) is 6.63. The molecule has 0 saturated heterocycles. The molecule has 1 aromatic heterocycles. The van der Waals surface area contributed by atoms with Crippen LogP contribution in [-0.4, -0.2) is 0 Å². The maximum atomic E-state index is 5.75. The van der Waals surface area contributed by atoms with E-state index >= 15 is 0 Å². The summed E-state index contributed by atoms with van der Waals surface area (Å²) < 4.78 is 6.56. The monoisotopic (exact) mass is 239 g/mol. The maximum absolute atomic E-state index is 5.75. The van der Waals surface area contributed by atoms with Crippen molar-refractivity contribution >= 4 is 26.9 Å². The molecule has 2 aromatic rings. The predicted octanol–water partition coefficient (Wildman–Crippen LogP) is 3.22. The number of hydrogen-bond acceptors (Lipinski definition) is 2. The lowest BCUT2D eigenvalue weighted by molar-refractivity contribution is 0.510. The number of nitrogens with two attached hydrogens (primary N) is 1. The Balaban J connectivity index is 2.74. The van der Waals surface area contributed by atoms with Crippen molar-refractivity contribution in [1.82, 2.24) is 0 Å². The highest BCUT2D eigenvalue weighted by atomic mass is 79.9. The van der Waals surface area contributed by atoms with Gasteiger partial charge in [-0.15, -0.1) is 0 Å². The Hall–Kier alpha value is -0.800. The minimum absolute atomic E-state index is 0.0817. The maximum Gasteiger partial charge on any atom is 0.135 e. The number of furan rings is 1. The number of hydrogen-bond donors (Lipinski definition) is 1. The standard InChI is InChI=1S/C10H10BrNO/c1-6(12)10-9(11)7-4-2-3-5-8(7)13-10/h2-6H,12H2,1H3. The summed E-state index contributed by atoms with van der Waals surface area (Å²) in [7, 11) is 0. The van der Waals surface area contributed by atoms with Crippen molar-refractivity contribution in [2.45, 2.75) is 13.0 Å². The Kier molecular flexibility index (Phi) is 2.14. The van der Waals surface area contributed by atoms with E-state index in [2.05, 4.69) is 15.9 Å². The van der Waals surface area contributed by atoms with Gasteiger partial charge in [0.2, 0.25) is 0 Å². The highest BCUT2D eigenvalue weighted by Crippen LogP contribution is 2.33. The van der Waals surface area contributed by atoms with Gasteiger partial charge >= 0.3 is 0 Å². The van der Waals surface area contributed by atoms with Crippen LogP contribution in [0.2, 0.25) is 0 Å². The van der Waals surface area contributed by atoms with E-state index in [9.17, 15) is 0 Å². The molecule has 13 heavy (non-hydrogen) atoms. The molecule has 68 valence electrons. The molecule has 2 nitrogen and oxygen atoms in total. The number of halogens is 1. The smallest absolute Gasteiger partial charge is 0.135 e. The Bertz CT molecular complexity index is 433. The number of benzene rings is 1. The normalized spacial score (nSPS) is 13.5. The Morgan fingerprint density at radius 3 is 2.69 bits per heavy atom. The highest BCUT2D eigenvalue weighted by Gasteiger charge is 2.13. The summed E-state index contributed by atoms with van der Waals surface area (Å²) in [6.45, 7) is 1.91. The van der Waals surface area contributed by atoms with Gasteiger partial charge in [-0.2, -0.15) is 0 Å². The summed E-state index contributed by atoms with van der Waals surface area (Å²) in [5.74, 6) is 0.807. The van der Waals surface area contributed by atoms with E-state index in [0.717, 1.165) is 21.2 Å². The minimum atomic E-state index is -0.0817. The molecule has 1 atom stereocenters. The van der Waals surface area contributed by atoms with E-state index in [1.54, 1.807) is 0 Å². The van der Waals surface area contributed by atoms with Gasteiger partial charge < -0.3 is 10.2 Å². The first-order valence-electron chi connectivity index (χ1n) is 4.12. The number of para-hydroxylation sites is 1. The molecular formula is C10H10BrNO. The number of fused-ring (bicyclic) bond motifs is 1. The van der Waals surface area contributed by atoms with Crippen molar-refractivity contribution in [2.24, 2.45) is 5.73 Å². The van der Waals surface area contributed by atoms with Crippen molar-refractivity contribution in [1.29, 1.82) is 0 Å². The lowest BCUT2D eigenvalue weighted by atomic mass is 10.2. The molecule has 0 aliphatic heterocycles. The summed E-state index contributed by atoms with van der Waals surface area (Å²) in [4.78, 5) is 0. The first-order chi connectivity index (χ1) is 6.20. The molecule has 2 N–H and O–H groups in total. The molecule has 3 heteroatoms. The van der Waals surface area contributed by atoms with E-state index in [-0.39, 0.29) is 6.04 Å². The van der Waals surface area contributed by atoms with E-state index < -0.39 is 0 Å². The molecule has 0 saturated carbocycles. The van der Waals surface area contributed by atoms with Crippen LogP contribution in [0.25, 0.3) is 11.0 Å². The van der Waals surface area contributed by atoms with Crippen LogP contribution in [0.3, 0.4) is 0 Å². The van der Waals surface area contributed by atoms with Crippen LogP contribution in [0.15, 0.2) is 33.2 Å². The molecule has 0 bridgehead atoms. The van der Waals surface area contributed by atoms with Crippen LogP contribution in [0.5, 0.6) is 0 Å². The van der Waals surface area contributed by atoms with E-state index in [0.29, 0.717) is 0 Å². The summed E-state index contributed by atoms with van der Waals surface area (Å²) in [6.07, 6.45) is 0. The molecular weight excluding hydrogens is 230 g/mol. The lowest BCUT2D eigenvalue weighted by Gasteiger charge is -1.99. The third kappa shape index (κ3) is 1.38. The number of rotatable bonds is 1. The summed E-state index contributed by atoms with van der Waals surface area (Å²) in [5, 5.41) is 1.08. The van der Waals surface area contributed by atoms with Gasteiger partial charge in [0, 0.05) is 5.39 Å². The zero-order valence-electron chi connectivity index (χ0n) is 7.25. The molecule has 1 unspecified atom stereocenters. The zero-order valence-corrected chi connectivity index (χ0v) is 8.84. The molecule has 0 fully saturated rings. The van der Waals surface area contributed by atoms with E-state index in [4.69, 9.17) is 10.2 Å². The van der Waals surface area contributed by atoms with Gasteiger partial charge in [0.15, 0.2) is 0 Å². The van der Waals surface area contributed by atoms with Gasteiger partial charge in [0.25, 0.3) is 0 Å². The van der Waals surface area contributed by atoms with Crippen LogP contribution in [-0.2, 0) is 0 Å². The van der Waals surface area contributed by atoms with Crippen LogP contribution in [0, 0.1) is 0 Å².